The number of aromatic hydroxyl groups is 1. The zero-order chi connectivity index (χ0) is 21.4. The second-order valence-electron chi connectivity index (χ2n) is 7.26. The van der Waals surface area contributed by atoms with Crippen molar-refractivity contribution in [2.75, 3.05) is 18.2 Å². The molecule has 7 nitrogen and oxygen atoms in total. The van der Waals surface area contributed by atoms with E-state index in [-0.39, 0.29) is 17.1 Å². The Labute approximate surface area is 191 Å². The highest BCUT2D eigenvalue weighted by Gasteiger charge is 2.38. The second kappa shape index (κ2) is 8.62. The molecule has 2 heterocycles. The largest absolute Gasteiger partial charge is 0.504 e. The number of hydrogen-bond donors (Lipinski definition) is 3. The Balaban J connectivity index is 1.94. The van der Waals surface area contributed by atoms with Gasteiger partial charge in [-0.15, -0.1) is 0 Å². The van der Waals surface area contributed by atoms with Crippen molar-refractivity contribution in [2.24, 2.45) is 0 Å². The van der Waals surface area contributed by atoms with E-state index in [0.717, 1.165) is 36.3 Å². The molecule has 2 aromatic rings. The van der Waals surface area contributed by atoms with Crippen LogP contribution < -0.4 is 15.6 Å². The van der Waals surface area contributed by atoms with Gasteiger partial charge in [-0.3, -0.25) is 9.59 Å². The zero-order valence-corrected chi connectivity index (χ0v) is 19.6. The fraction of sp³-hybridized carbons (Fsp3) is 0.381. The van der Waals surface area contributed by atoms with Gasteiger partial charge in [-0.2, -0.15) is 0 Å². The molecule has 0 amide bonds. The highest BCUT2D eigenvalue weighted by atomic mass is 127. The third-order valence-corrected chi connectivity index (χ3v) is 7.18. The lowest BCUT2D eigenvalue weighted by Crippen LogP contribution is -2.32. The molecule has 1 aromatic heterocycles. The van der Waals surface area contributed by atoms with E-state index in [1.807, 2.05) is 22.6 Å². The number of nitrogens with zero attached hydrogens (tertiary/aromatic N) is 1. The van der Waals surface area contributed by atoms with Crippen LogP contribution in [-0.4, -0.2) is 33.7 Å². The van der Waals surface area contributed by atoms with E-state index >= 15 is 0 Å². The summed E-state index contributed by atoms with van der Waals surface area (Å²) >= 11 is 3.53. The molecular weight excluding hydrogens is 517 g/mol. The average Bonchev–Trinajstić information content (AvgIpc) is 2.72. The number of halogens is 1. The van der Waals surface area contributed by atoms with Crippen LogP contribution in [0.5, 0.6) is 11.5 Å². The predicted octanol–water partition coefficient (Wildman–Crippen LogP) is 4.16. The summed E-state index contributed by atoms with van der Waals surface area (Å²) in [5.41, 5.74) is 2.33. The normalized spacial score (nSPS) is 18.0. The molecular formula is C21H22IN3O4S. The Morgan fingerprint density at radius 2 is 2.13 bits per heavy atom. The summed E-state index contributed by atoms with van der Waals surface area (Å²) in [6, 6.07) is 3.49. The minimum Gasteiger partial charge on any atom is -0.504 e. The number of Topliss-reactive ketones (excluding diaryl/α,β-unsaturated/α-hetero) is 1. The van der Waals surface area contributed by atoms with Gasteiger partial charge in [-0.25, -0.2) is 4.98 Å². The lowest BCUT2D eigenvalue weighted by Gasteiger charge is -2.33. The molecule has 0 saturated heterocycles. The molecule has 0 fully saturated rings. The van der Waals surface area contributed by atoms with Crippen LogP contribution in [0.4, 0.5) is 5.82 Å². The van der Waals surface area contributed by atoms with Gasteiger partial charge in [0.1, 0.15) is 5.82 Å². The van der Waals surface area contributed by atoms with Crippen LogP contribution in [0, 0.1) is 3.57 Å². The van der Waals surface area contributed by atoms with Crippen LogP contribution in [-0.2, 0) is 4.79 Å². The van der Waals surface area contributed by atoms with E-state index < -0.39 is 5.92 Å². The molecule has 9 heteroatoms. The van der Waals surface area contributed by atoms with E-state index in [0.29, 0.717) is 37.9 Å². The Morgan fingerprint density at radius 1 is 1.33 bits per heavy atom. The lowest BCUT2D eigenvalue weighted by molar-refractivity contribution is -0.116. The van der Waals surface area contributed by atoms with E-state index in [9.17, 15) is 14.7 Å². The number of anilines is 1. The summed E-state index contributed by atoms with van der Waals surface area (Å²) < 4.78 is 5.92. The first-order valence-corrected chi connectivity index (χ1v) is 11.9. The van der Waals surface area contributed by atoms with E-state index in [2.05, 4.69) is 22.2 Å². The first kappa shape index (κ1) is 21.2. The highest BCUT2D eigenvalue weighted by Crippen LogP contribution is 2.46. The summed E-state index contributed by atoms with van der Waals surface area (Å²) in [7, 11) is 1.48. The Bertz CT molecular complexity index is 1110. The van der Waals surface area contributed by atoms with Gasteiger partial charge in [0.05, 0.1) is 16.2 Å². The van der Waals surface area contributed by atoms with Gasteiger partial charge in [0.2, 0.25) is 0 Å². The number of carbonyl (C=O) groups excluding carboxylic acids is 1. The van der Waals surface area contributed by atoms with Crippen LogP contribution in [0.2, 0.25) is 0 Å². The van der Waals surface area contributed by atoms with Gasteiger partial charge in [0, 0.05) is 29.4 Å². The van der Waals surface area contributed by atoms with Crippen LogP contribution in [0.25, 0.3) is 0 Å². The van der Waals surface area contributed by atoms with Crippen molar-refractivity contribution in [1.82, 2.24) is 9.97 Å². The molecule has 158 valence electrons. The number of benzene rings is 1. The molecule has 0 radical (unpaired) electrons. The maximum absolute atomic E-state index is 13.2. The fourth-order valence-electron chi connectivity index (χ4n) is 3.96. The standard InChI is InChI=1S/C21H22IN3O4S/c1-3-7-30-21-24-19-17(20(28)25-21)15(16-12(23-19)5-4-6-13(16)26)10-8-11(22)18(27)14(9-10)29-2/h8-9,15,27H,3-7H2,1-2H3,(H2,23,24,25,28). The fourth-order valence-corrected chi connectivity index (χ4v) is 5.30. The highest BCUT2D eigenvalue weighted by molar-refractivity contribution is 14.1. The first-order valence-electron chi connectivity index (χ1n) is 9.81. The molecule has 1 atom stereocenters. The summed E-state index contributed by atoms with van der Waals surface area (Å²) in [5, 5.41) is 14.1. The number of aromatic amines is 1. The minimum absolute atomic E-state index is 0.0327. The number of ether oxygens (including phenoxy) is 1. The number of ketones is 1. The van der Waals surface area contributed by atoms with Gasteiger partial charge in [0.15, 0.2) is 22.4 Å². The quantitative estimate of drug-likeness (QED) is 0.298. The topological polar surface area (TPSA) is 104 Å². The molecule has 0 saturated carbocycles. The zero-order valence-electron chi connectivity index (χ0n) is 16.7. The number of carbonyl (C=O) groups is 1. The lowest BCUT2D eigenvalue weighted by atomic mass is 9.76. The van der Waals surface area contributed by atoms with Crippen molar-refractivity contribution >= 4 is 46.0 Å². The van der Waals surface area contributed by atoms with Gasteiger partial charge in [-0.1, -0.05) is 18.7 Å². The number of methoxy groups -OCH3 is 1. The van der Waals surface area contributed by atoms with Crippen molar-refractivity contribution in [3.63, 3.8) is 0 Å². The second-order valence-corrected chi connectivity index (χ2v) is 9.51. The van der Waals surface area contributed by atoms with Gasteiger partial charge < -0.3 is 20.1 Å². The number of phenolic OH excluding ortho intramolecular Hbond substituents is 1. The summed E-state index contributed by atoms with van der Waals surface area (Å²) in [6.45, 7) is 2.07. The van der Waals surface area contributed by atoms with Crippen molar-refractivity contribution in [2.45, 2.75) is 43.7 Å². The van der Waals surface area contributed by atoms with Gasteiger partial charge in [0.25, 0.3) is 5.56 Å². The van der Waals surface area contributed by atoms with Crippen molar-refractivity contribution < 1.29 is 14.6 Å². The van der Waals surface area contributed by atoms with Crippen molar-refractivity contribution in [1.29, 1.82) is 0 Å². The maximum Gasteiger partial charge on any atom is 0.257 e. The molecule has 3 N–H and O–H groups in total. The number of fused-ring (bicyclic) bond motifs is 1. The first-order chi connectivity index (χ1) is 14.4. The maximum atomic E-state index is 13.2. The minimum atomic E-state index is -0.562. The average molecular weight is 539 g/mol. The number of nitrogens with one attached hydrogen (secondary N) is 2. The molecule has 0 spiro atoms. The van der Waals surface area contributed by atoms with Crippen molar-refractivity contribution in [3.05, 3.63) is 48.5 Å². The van der Waals surface area contributed by atoms with E-state index in [1.54, 1.807) is 12.1 Å². The monoisotopic (exact) mass is 539 g/mol. The smallest absolute Gasteiger partial charge is 0.257 e. The van der Waals surface area contributed by atoms with E-state index in [4.69, 9.17) is 4.74 Å². The molecule has 0 bridgehead atoms. The Hall–Kier alpha value is -2.01. The van der Waals surface area contributed by atoms with Crippen LogP contribution in [0.1, 0.15) is 49.7 Å². The molecule has 1 unspecified atom stereocenters. The number of hydrogen-bond acceptors (Lipinski definition) is 7. The van der Waals surface area contributed by atoms with Crippen LogP contribution in [0.3, 0.4) is 0 Å². The number of aromatic nitrogens is 2. The summed E-state index contributed by atoms with van der Waals surface area (Å²) in [5.74, 6) is 1.17. The molecule has 4 rings (SSSR count). The number of rotatable bonds is 5. The predicted molar refractivity (Wildman–Crippen MR) is 125 cm³/mol. The van der Waals surface area contributed by atoms with Gasteiger partial charge >= 0.3 is 0 Å². The Kier molecular flexibility index (Phi) is 6.10. The Morgan fingerprint density at radius 3 is 2.87 bits per heavy atom. The molecule has 1 aliphatic carbocycles. The number of allylic oxidation sites excluding steroid dienone is 2. The third kappa shape index (κ3) is 3.73. The SMILES string of the molecule is CCCSc1nc2c(c(=O)[nH]1)C(c1cc(I)c(O)c(OC)c1)C1=C(CCCC1=O)N2. The number of phenols is 1. The van der Waals surface area contributed by atoms with Gasteiger partial charge in [-0.05, 0) is 59.5 Å². The molecule has 1 aromatic carbocycles. The summed E-state index contributed by atoms with van der Waals surface area (Å²) in [4.78, 5) is 33.6. The number of H-pyrrole nitrogens is 1. The molecule has 2 aliphatic rings. The summed E-state index contributed by atoms with van der Waals surface area (Å²) in [6.07, 6.45) is 2.92. The third-order valence-electron chi connectivity index (χ3n) is 5.28. The molecule has 30 heavy (non-hydrogen) atoms. The van der Waals surface area contributed by atoms with Crippen molar-refractivity contribution in [3.8, 4) is 11.5 Å². The van der Waals surface area contributed by atoms with E-state index in [1.165, 1.54) is 18.9 Å². The van der Waals surface area contributed by atoms with Crippen LogP contribution >= 0.6 is 34.4 Å². The van der Waals surface area contributed by atoms with Crippen LogP contribution in [0.15, 0.2) is 33.4 Å². The molecule has 1 aliphatic heterocycles. The number of thioether (sulfide) groups is 1.